The summed E-state index contributed by atoms with van der Waals surface area (Å²) in [5.74, 6) is 0. The number of aryl methyl sites for hydroxylation is 1. The molecule has 3 N–H and O–H groups in total. The molecule has 0 heterocycles. The van der Waals surface area contributed by atoms with Crippen molar-refractivity contribution in [3.05, 3.63) is 29.3 Å². The number of hydrogen-bond donors (Lipinski definition) is 2. The van der Waals surface area contributed by atoms with Crippen molar-refractivity contribution in [2.75, 3.05) is 13.7 Å². The zero-order valence-electron chi connectivity index (χ0n) is 11.8. The highest BCUT2D eigenvalue weighted by atomic mass is 32.2. The third-order valence-corrected chi connectivity index (χ3v) is 4.85. The number of benzene rings is 1. The molecule has 20 heavy (non-hydrogen) atoms. The highest BCUT2D eigenvalue weighted by Crippen LogP contribution is 2.17. The Bertz CT molecular complexity index is 585. The summed E-state index contributed by atoms with van der Waals surface area (Å²) in [6, 6.07) is 4.62. The topological polar surface area (TPSA) is 81.4 Å². The fraction of sp³-hybridized carbons (Fsp3) is 0.462. The molecule has 7 heteroatoms. The summed E-state index contributed by atoms with van der Waals surface area (Å²) in [7, 11) is -1.97. The van der Waals surface area contributed by atoms with E-state index in [1.54, 1.807) is 33.1 Å². The second-order valence-electron chi connectivity index (χ2n) is 4.65. The molecule has 1 aromatic rings. The van der Waals surface area contributed by atoms with E-state index in [2.05, 4.69) is 4.72 Å². The number of sulfonamides is 1. The molecule has 1 rings (SSSR count). The van der Waals surface area contributed by atoms with Crippen LogP contribution >= 0.6 is 12.2 Å². The summed E-state index contributed by atoms with van der Waals surface area (Å²) in [4.78, 5) is 0.486. The first-order chi connectivity index (χ1) is 9.27. The number of thiocarbonyl (C=S) groups is 1. The molecule has 1 aromatic carbocycles. The highest BCUT2D eigenvalue weighted by molar-refractivity contribution is 7.89. The average molecular weight is 316 g/mol. The number of rotatable bonds is 7. The largest absolute Gasteiger partial charge is 0.389 e. The van der Waals surface area contributed by atoms with Gasteiger partial charge in [-0.1, -0.05) is 18.3 Å². The summed E-state index contributed by atoms with van der Waals surface area (Å²) in [6.45, 7) is 4.02. The second kappa shape index (κ2) is 7.12. The zero-order valence-corrected chi connectivity index (χ0v) is 13.5. The molecule has 0 radical (unpaired) electrons. The number of nitrogens with two attached hydrogens (primary N) is 1. The summed E-state index contributed by atoms with van der Waals surface area (Å²) in [5.41, 5.74) is 6.80. The minimum Gasteiger partial charge on any atom is -0.389 e. The Morgan fingerprint density at radius 1 is 1.50 bits per heavy atom. The quantitative estimate of drug-likeness (QED) is 0.742. The number of nitrogens with one attached hydrogen (secondary N) is 1. The third-order valence-electron chi connectivity index (χ3n) is 2.86. The maximum absolute atomic E-state index is 12.3. The van der Waals surface area contributed by atoms with Gasteiger partial charge in [0.15, 0.2) is 0 Å². The molecule has 0 aliphatic rings. The lowest BCUT2D eigenvalue weighted by molar-refractivity contribution is 0.188. The van der Waals surface area contributed by atoms with Crippen molar-refractivity contribution in [3.8, 4) is 0 Å². The standard InChI is InChI=1S/C13H20N2O3S2/c1-9-8-11(13(14)19)4-5-12(9)20(16,17)15-10(2)6-7-18-3/h4-5,8,10,15H,6-7H2,1-3H3,(H2,14,19). The van der Waals surface area contributed by atoms with Crippen molar-refractivity contribution < 1.29 is 13.2 Å². The van der Waals surface area contributed by atoms with Gasteiger partial charge in [-0.25, -0.2) is 13.1 Å². The molecule has 5 nitrogen and oxygen atoms in total. The minimum atomic E-state index is -3.55. The lowest BCUT2D eigenvalue weighted by Crippen LogP contribution is -2.33. The van der Waals surface area contributed by atoms with Crippen molar-refractivity contribution in [1.82, 2.24) is 4.72 Å². The summed E-state index contributed by atoms with van der Waals surface area (Å²) in [5, 5.41) is 0. The van der Waals surface area contributed by atoms with Crippen molar-refractivity contribution in [1.29, 1.82) is 0 Å². The van der Waals surface area contributed by atoms with Crippen LogP contribution in [-0.2, 0) is 14.8 Å². The molecule has 0 aliphatic heterocycles. The Hall–Kier alpha value is -1.02. The first-order valence-electron chi connectivity index (χ1n) is 6.19. The van der Waals surface area contributed by atoms with Gasteiger partial charge in [-0.05, 0) is 38.0 Å². The molecule has 0 bridgehead atoms. The Kier molecular flexibility index (Phi) is 6.07. The smallest absolute Gasteiger partial charge is 0.241 e. The Morgan fingerprint density at radius 3 is 2.65 bits per heavy atom. The highest BCUT2D eigenvalue weighted by Gasteiger charge is 2.19. The van der Waals surface area contributed by atoms with Crippen LogP contribution in [0.3, 0.4) is 0 Å². The van der Waals surface area contributed by atoms with Gasteiger partial charge in [0.25, 0.3) is 0 Å². The maximum atomic E-state index is 12.3. The number of methoxy groups -OCH3 is 1. The van der Waals surface area contributed by atoms with Crippen LogP contribution < -0.4 is 10.5 Å². The van der Waals surface area contributed by atoms with Gasteiger partial charge >= 0.3 is 0 Å². The average Bonchev–Trinajstić information content (AvgIpc) is 2.35. The van der Waals surface area contributed by atoms with Crippen molar-refractivity contribution >= 4 is 27.2 Å². The number of hydrogen-bond acceptors (Lipinski definition) is 4. The van der Waals surface area contributed by atoms with E-state index in [0.717, 1.165) is 0 Å². The molecule has 1 atom stereocenters. The first kappa shape index (κ1) is 17.0. The Morgan fingerprint density at radius 2 is 2.15 bits per heavy atom. The van der Waals surface area contributed by atoms with Gasteiger partial charge in [0, 0.05) is 25.3 Å². The second-order valence-corrected chi connectivity index (χ2v) is 6.77. The molecule has 0 amide bonds. The molecule has 1 unspecified atom stereocenters. The van der Waals surface area contributed by atoms with Crippen molar-refractivity contribution in [3.63, 3.8) is 0 Å². The lowest BCUT2D eigenvalue weighted by atomic mass is 10.1. The van der Waals surface area contributed by atoms with E-state index < -0.39 is 10.0 Å². The molecule has 0 aliphatic carbocycles. The van der Waals surface area contributed by atoms with E-state index in [0.29, 0.717) is 24.2 Å². The van der Waals surface area contributed by atoms with Gasteiger partial charge in [0.2, 0.25) is 10.0 Å². The third kappa shape index (κ3) is 4.52. The molecule has 112 valence electrons. The van der Waals surface area contributed by atoms with Crippen LogP contribution in [0.5, 0.6) is 0 Å². The molecule has 0 saturated heterocycles. The van der Waals surface area contributed by atoms with E-state index >= 15 is 0 Å². The van der Waals surface area contributed by atoms with E-state index in [1.807, 2.05) is 0 Å². The molecular formula is C13H20N2O3S2. The Labute approximate surface area is 125 Å². The molecular weight excluding hydrogens is 296 g/mol. The maximum Gasteiger partial charge on any atom is 0.241 e. The molecule has 0 fully saturated rings. The van der Waals surface area contributed by atoms with Crippen LogP contribution in [0.2, 0.25) is 0 Å². The fourth-order valence-corrected chi connectivity index (χ4v) is 3.42. The molecule has 0 spiro atoms. The predicted molar refractivity (Wildman–Crippen MR) is 83.3 cm³/mol. The van der Waals surface area contributed by atoms with E-state index in [1.165, 1.54) is 6.07 Å². The van der Waals surface area contributed by atoms with Gasteiger partial charge in [-0.3, -0.25) is 0 Å². The summed E-state index contributed by atoms with van der Waals surface area (Å²) >= 11 is 4.87. The van der Waals surface area contributed by atoms with E-state index in [4.69, 9.17) is 22.7 Å². The predicted octanol–water partition coefficient (Wildman–Crippen LogP) is 1.33. The monoisotopic (exact) mass is 316 g/mol. The molecule has 0 aromatic heterocycles. The fourth-order valence-electron chi connectivity index (χ4n) is 1.79. The van der Waals surface area contributed by atoms with Crippen LogP contribution in [0, 0.1) is 6.92 Å². The normalized spacial score (nSPS) is 13.2. The van der Waals surface area contributed by atoms with E-state index in [-0.39, 0.29) is 15.9 Å². The van der Waals surface area contributed by atoms with E-state index in [9.17, 15) is 8.42 Å². The van der Waals surface area contributed by atoms with Gasteiger partial charge in [0.05, 0.1) is 4.90 Å². The van der Waals surface area contributed by atoms with Crippen molar-refractivity contribution in [2.24, 2.45) is 5.73 Å². The van der Waals surface area contributed by atoms with Crippen LogP contribution in [-0.4, -0.2) is 33.2 Å². The lowest BCUT2D eigenvalue weighted by Gasteiger charge is -2.15. The minimum absolute atomic E-state index is 0.199. The zero-order chi connectivity index (χ0) is 15.3. The van der Waals surface area contributed by atoms with Gasteiger partial charge < -0.3 is 10.5 Å². The van der Waals surface area contributed by atoms with Gasteiger partial charge in [0.1, 0.15) is 4.99 Å². The number of ether oxygens (including phenoxy) is 1. The van der Waals surface area contributed by atoms with Crippen LogP contribution in [0.25, 0.3) is 0 Å². The SMILES string of the molecule is COCCC(C)NS(=O)(=O)c1ccc(C(N)=S)cc1C. The summed E-state index contributed by atoms with van der Waals surface area (Å²) < 4.78 is 32.1. The summed E-state index contributed by atoms with van der Waals surface area (Å²) in [6.07, 6.45) is 0.611. The van der Waals surface area contributed by atoms with Gasteiger partial charge in [-0.2, -0.15) is 0 Å². The first-order valence-corrected chi connectivity index (χ1v) is 8.09. The van der Waals surface area contributed by atoms with Crippen LogP contribution in [0.4, 0.5) is 0 Å². The molecule has 0 saturated carbocycles. The van der Waals surface area contributed by atoms with Crippen molar-refractivity contribution in [2.45, 2.75) is 31.2 Å². The Balaban J connectivity index is 2.95. The van der Waals surface area contributed by atoms with Crippen LogP contribution in [0.1, 0.15) is 24.5 Å². The van der Waals surface area contributed by atoms with Crippen LogP contribution in [0.15, 0.2) is 23.1 Å². The van der Waals surface area contributed by atoms with Gasteiger partial charge in [-0.15, -0.1) is 0 Å².